The molecular weight excluding hydrogens is 466 g/mol. The number of amides is 1. The Morgan fingerprint density at radius 1 is 1.19 bits per heavy atom. The van der Waals surface area contributed by atoms with Crippen LogP contribution in [0.25, 0.3) is 0 Å². The lowest BCUT2D eigenvalue weighted by Gasteiger charge is -2.50. The first-order chi connectivity index (χ1) is 17.0. The summed E-state index contributed by atoms with van der Waals surface area (Å²) < 4.78 is 0. The van der Waals surface area contributed by atoms with E-state index in [9.17, 15) is 34.8 Å². The van der Waals surface area contributed by atoms with Gasteiger partial charge in [0.2, 0.25) is 5.78 Å². The van der Waals surface area contributed by atoms with Crippen LogP contribution in [0.5, 0.6) is 5.75 Å². The number of primary amides is 1. The van der Waals surface area contributed by atoms with Gasteiger partial charge in [0.1, 0.15) is 22.8 Å². The lowest BCUT2D eigenvalue weighted by Crippen LogP contribution is -2.63. The molecule has 0 bridgehead atoms. The number of likely N-dealkylation sites (N-methyl/N-ethyl adjacent to an activating group) is 1. The number of rotatable bonds is 6. The number of Topliss-reactive ketones (excluding diaryl/α,β-unsaturated/α-hetero) is 2. The van der Waals surface area contributed by atoms with E-state index in [-0.39, 0.29) is 23.3 Å². The molecule has 7 N–H and O–H groups in total. The minimum Gasteiger partial charge on any atom is -0.510 e. The SMILES string of the molecule is CN(C)[C@@H]1C(O)=C(C(N)=O)C(=O)[C@@]2(O)C(O)=C3C(=O)c4c(O)cc(CNCC5CC5)cc4C[C@H]3C[C@@H]12. The zero-order valence-corrected chi connectivity index (χ0v) is 20.2. The van der Waals surface area contributed by atoms with Crippen LogP contribution in [0, 0.1) is 17.8 Å². The molecule has 1 aromatic carbocycles. The number of hydrogen-bond donors (Lipinski definition) is 6. The predicted octanol–water partition coefficient (Wildman–Crippen LogP) is 0.620. The summed E-state index contributed by atoms with van der Waals surface area (Å²) in [6.45, 7) is 1.43. The number of benzene rings is 1. The van der Waals surface area contributed by atoms with Gasteiger partial charge in [-0.2, -0.15) is 0 Å². The van der Waals surface area contributed by atoms with Gasteiger partial charge in [-0.25, -0.2) is 0 Å². The van der Waals surface area contributed by atoms with Gasteiger partial charge in [0.25, 0.3) is 5.91 Å². The standard InChI is InChI=1S/C26H31N3O7/c1-29(2)20-15-8-14-7-13-5-12(10-28-9-11-3-4-11)6-16(30)17(13)21(31)18(14)23(33)26(15,36)24(34)19(22(20)32)25(27)35/h5-6,11,14-15,20,28,30,32-33,36H,3-4,7-10H2,1-2H3,(H2,27,35)/t14-,15-,20-,26-/m0/s1. The van der Waals surface area contributed by atoms with Gasteiger partial charge >= 0.3 is 0 Å². The normalized spacial score (nSPS) is 29.8. The number of aromatic hydroxyl groups is 1. The fraction of sp³-hybridized carbons (Fsp3) is 0.500. The van der Waals surface area contributed by atoms with Crippen molar-refractivity contribution >= 4 is 17.5 Å². The Kier molecular flexibility index (Phi) is 5.73. The highest BCUT2D eigenvalue weighted by Crippen LogP contribution is 2.52. The molecule has 36 heavy (non-hydrogen) atoms. The second-order valence-corrected chi connectivity index (χ2v) is 10.7. The van der Waals surface area contributed by atoms with Crippen molar-refractivity contribution in [3.63, 3.8) is 0 Å². The number of nitrogens with zero attached hydrogens (tertiary/aromatic N) is 1. The summed E-state index contributed by atoms with van der Waals surface area (Å²) in [7, 11) is 3.21. The maximum absolute atomic E-state index is 13.5. The van der Waals surface area contributed by atoms with Gasteiger partial charge in [-0.3, -0.25) is 19.3 Å². The Labute approximate surface area is 208 Å². The predicted molar refractivity (Wildman–Crippen MR) is 128 cm³/mol. The van der Waals surface area contributed by atoms with E-state index in [1.165, 1.54) is 23.8 Å². The molecule has 5 rings (SSSR count). The molecule has 0 unspecified atom stereocenters. The molecule has 1 aromatic rings. The Morgan fingerprint density at radius 3 is 2.50 bits per heavy atom. The van der Waals surface area contributed by atoms with Crippen molar-refractivity contribution in [1.29, 1.82) is 0 Å². The highest BCUT2D eigenvalue weighted by molar-refractivity contribution is 6.24. The molecule has 10 nitrogen and oxygen atoms in total. The highest BCUT2D eigenvalue weighted by atomic mass is 16.3. The number of allylic oxidation sites excluding steroid dienone is 1. The number of phenolic OH excluding ortho intramolecular Hbond substituents is 1. The minimum atomic E-state index is -2.62. The van der Waals surface area contributed by atoms with Crippen LogP contribution in [0.1, 0.15) is 40.7 Å². The summed E-state index contributed by atoms with van der Waals surface area (Å²) in [6.07, 6.45) is 2.80. The first-order valence-electron chi connectivity index (χ1n) is 12.2. The molecule has 192 valence electrons. The van der Waals surface area contributed by atoms with Crippen molar-refractivity contribution in [2.24, 2.45) is 23.5 Å². The highest BCUT2D eigenvalue weighted by Gasteiger charge is 2.63. The fourth-order valence-corrected chi connectivity index (χ4v) is 6.19. The average Bonchev–Trinajstić information content (AvgIpc) is 3.60. The summed E-state index contributed by atoms with van der Waals surface area (Å²) >= 11 is 0. The maximum Gasteiger partial charge on any atom is 0.255 e. The summed E-state index contributed by atoms with van der Waals surface area (Å²) in [6, 6.07) is 2.37. The number of nitrogens with one attached hydrogen (secondary N) is 1. The number of phenols is 1. The Morgan fingerprint density at radius 2 is 1.89 bits per heavy atom. The largest absolute Gasteiger partial charge is 0.510 e. The second-order valence-electron chi connectivity index (χ2n) is 10.7. The van der Waals surface area contributed by atoms with E-state index < -0.39 is 58.0 Å². The summed E-state index contributed by atoms with van der Waals surface area (Å²) in [5.41, 5.74) is 3.24. The van der Waals surface area contributed by atoms with E-state index in [0.29, 0.717) is 24.4 Å². The van der Waals surface area contributed by atoms with Gasteiger partial charge in [-0.05, 0) is 75.4 Å². The van der Waals surface area contributed by atoms with Crippen LogP contribution in [0.4, 0.5) is 0 Å². The molecular formula is C26H31N3O7. The lowest BCUT2D eigenvalue weighted by molar-refractivity contribution is -0.148. The third-order valence-electron chi connectivity index (χ3n) is 8.05. The smallest absolute Gasteiger partial charge is 0.255 e. The number of carbonyl (C=O) groups excluding carboxylic acids is 3. The zero-order chi connectivity index (χ0) is 26.1. The first-order valence-corrected chi connectivity index (χ1v) is 12.2. The van der Waals surface area contributed by atoms with E-state index in [0.717, 1.165) is 12.1 Å². The molecule has 4 atom stereocenters. The van der Waals surface area contributed by atoms with Gasteiger partial charge in [0, 0.05) is 18.0 Å². The molecule has 1 amide bonds. The minimum absolute atomic E-state index is 0.0294. The summed E-state index contributed by atoms with van der Waals surface area (Å²) in [5.74, 6) is -5.71. The second kappa shape index (κ2) is 8.43. The van der Waals surface area contributed by atoms with Crippen molar-refractivity contribution < 1.29 is 34.8 Å². The zero-order valence-electron chi connectivity index (χ0n) is 20.2. The molecule has 4 aliphatic carbocycles. The van der Waals surface area contributed by atoms with Crippen LogP contribution in [-0.4, -0.2) is 75.1 Å². The molecule has 4 aliphatic rings. The molecule has 10 heteroatoms. The van der Waals surface area contributed by atoms with Crippen LogP contribution in [0.2, 0.25) is 0 Å². The molecule has 1 fully saturated rings. The molecule has 0 saturated heterocycles. The van der Waals surface area contributed by atoms with Crippen LogP contribution in [0.15, 0.2) is 34.8 Å². The lowest BCUT2D eigenvalue weighted by atomic mass is 9.58. The topological polar surface area (TPSA) is 173 Å². The molecule has 0 radical (unpaired) electrons. The number of aliphatic hydroxyl groups excluding tert-OH is 2. The fourth-order valence-electron chi connectivity index (χ4n) is 6.19. The Balaban J connectivity index is 1.57. The Hall–Kier alpha value is -3.21. The summed E-state index contributed by atoms with van der Waals surface area (Å²) in [4.78, 5) is 40.4. The van der Waals surface area contributed by atoms with Crippen molar-refractivity contribution in [3.8, 4) is 5.75 Å². The number of hydrogen-bond acceptors (Lipinski definition) is 9. The van der Waals surface area contributed by atoms with Crippen molar-refractivity contribution in [1.82, 2.24) is 10.2 Å². The third-order valence-corrected chi connectivity index (χ3v) is 8.05. The van der Waals surface area contributed by atoms with E-state index in [4.69, 9.17) is 5.73 Å². The molecule has 0 heterocycles. The van der Waals surface area contributed by atoms with Crippen LogP contribution < -0.4 is 11.1 Å². The van der Waals surface area contributed by atoms with Crippen LogP contribution >= 0.6 is 0 Å². The van der Waals surface area contributed by atoms with Crippen molar-refractivity contribution in [3.05, 3.63) is 51.5 Å². The Bertz CT molecular complexity index is 1250. The number of carbonyl (C=O) groups is 3. The third kappa shape index (κ3) is 3.55. The van der Waals surface area contributed by atoms with E-state index >= 15 is 0 Å². The van der Waals surface area contributed by atoms with Gasteiger partial charge in [0.15, 0.2) is 11.4 Å². The number of fused-ring (bicyclic) bond motifs is 3. The molecule has 0 spiro atoms. The average molecular weight is 498 g/mol. The van der Waals surface area contributed by atoms with E-state index in [1.54, 1.807) is 14.1 Å². The van der Waals surface area contributed by atoms with Gasteiger partial charge in [0.05, 0.1) is 11.6 Å². The molecule has 0 aromatic heterocycles. The monoisotopic (exact) mass is 497 g/mol. The maximum atomic E-state index is 13.5. The van der Waals surface area contributed by atoms with Crippen LogP contribution in [0.3, 0.4) is 0 Å². The first kappa shape index (κ1) is 24.5. The van der Waals surface area contributed by atoms with Crippen molar-refractivity contribution in [2.75, 3.05) is 20.6 Å². The van der Waals surface area contributed by atoms with Gasteiger partial charge in [-0.15, -0.1) is 0 Å². The quantitative estimate of drug-likeness (QED) is 0.308. The van der Waals surface area contributed by atoms with E-state index in [2.05, 4.69) is 5.32 Å². The molecule has 0 aliphatic heterocycles. The van der Waals surface area contributed by atoms with Gasteiger partial charge < -0.3 is 31.5 Å². The van der Waals surface area contributed by atoms with E-state index in [1.807, 2.05) is 6.07 Å². The van der Waals surface area contributed by atoms with Crippen molar-refractivity contribution in [2.45, 2.75) is 43.9 Å². The van der Waals surface area contributed by atoms with Gasteiger partial charge in [-0.1, -0.05) is 6.07 Å². The summed E-state index contributed by atoms with van der Waals surface area (Å²) in [5, 5.41) is 47.7. The number of nitrogens with two attached hydrogens (primary N) is 1. The number of aliphatic hydroxyl groups is 3. The van der Waals surface area contributed by atoms with Crippen LogP contribution in [-0.2, 0) is 22.6 Å². The number of ketones is 2. The molecule has 1 saturated carbocycles.